The maximum absolute atomic E-state index is 12.6. The minimum atomic E-state index is 0. The molecule has 0 atom stereocenters. The second-order valence-corrected chi connectivity index (χ2v) is 5.81. The Morgan fingerprint density at radius 3 is 2.59 bits per heavy atom. The molecular formula is C17H27ClN2O2. The number of methoxy groups -OCH3 is 1. The molecule has 1 saturated heterocycles. The first kappa shape index (κ1) is 18.8. The Balaban J connectivity index is 0.00000242. The zero-order chi connectivity index (χ0) is 15.2. The molecule has 0 spiro atoms. The summed E-state index contributed by atoms with van der Waals surface area (Å²) in [4.78, 5) is 14.6. The van der Waals surface area contributed by atoms with Crippen molar-refractivity contribution in [3.05, 3.63) is 29.3 Å². The van der Waals surface area contributed by atoms with Crippen LogP contribution >= 0.6 is 12.4 Å². The second kappa shape index (κ2) is 9.01. The van der Waals surface area contributed by atoms with Gasteiger partial charge in [0.1, 0.15) is 5.75 Å². The fraction of sp³-hybridized carbons (Fsp3) is 0.588. The number of halogens is 1. The van der Waals surface area contributed by atoms with Crippen molar-refractivity contribution in [2.24, 2.45) is 5.92 Å². The zero-order valence-electron chi connectivity index (χ0n) is 13.7. The average Bonchev–Trinajstić information content (AvgIpc) is 2.52. The van der Waals surface area contributed by atoms with Crippen molar-refractivity contribution in [2.45, 2.75) is 26.2 Å². The maximum Gasteiger partial charge on any atom is 0.254 e. The van der Waals surface area contributed by atoms with Gasteiger partial charge in [-0.1, -0.05) is 0 Å². The fourth-order valence-electron chi connectivity index (χ4n) is 2.95. The maximum atomic E-state index is 12.6. The summed E-state index contributed by atoms with van der Waals surface area (Å²) in [6.45, 7) is 4.78. The Morgan fingerprint density at radius 2 is 2.05 bits per heavy atom. The number of benzene rings is 1. The first-order valence-electron chi connectivity index (χ1n) is 7.74. The number of nitrogens with one attached hydrogen (secondary N) is 1. The van der Waals surface area contributed by atoms with Gasteiger partial charge in [-0.3, -0.25) is 4.79 Å². The topological polar surface area (TPSA) is 41.6 Å². The van der Waals surface area contributed by atoms with Crippen LogP contribution in [-0.2, 0) is 0 Å². The summed E-state index contributed by atoms with van der Waals surface area (Å²) in [6, 6.07) is 5.66. The predicted octanol–water partition coefficient (Wildman–Crippen LogP) is 2.89. The third-order valence-electron chi connectivity index (χ3n) is 4.37. The number of aryl methyl sites for hydroxylation is 1. The van der Waals surface area contributed by atoms with E-state index < -0.39 is 0 Å². The molecule has 1 aromatic rings. The van der Waals surface area contributed by atoms with Crippen molar-refractivity contribution < 1.29 is 9.53 Å². The molecule has 0 bridgehead atoms. The highest BCUT2D eigenvalue weighted by atomic mass is 35.5. The van der Waals surface area contributed by atoms with Crippen LogP contribution < -0.4 is 10.1 Å². The van der Waals surface area contributed by atoms with Gasteiger partial charge in [-0.25, -0.2) is 0 Å². The highest BCUT2D eigenvalue weighted by Gasteiger charge is 2.24. The Morgan fingerprint density at radius 1 is 1.36 bits per heavy atom. The highest BCUT2D eigenvalue weighted by Crippen LogP contribution is 2.23. The Kier molecular flexibility index (Phi) is 7.69. The molecule has 1 N–H and O–H groups in total. The van der Waals surface area contributed by atoms with Crippen molar-refractivity contribution in [1.29, 1.82) is 0 Å². The number of ether oxygens (including phenoxy) is 1. The zero-order valence-corrected chi connectivity index (χ0v) is 14.5. The molecule has 0 unspecified atom stereocenters. The van der Waals surface area contributed by atoms with Crippen LogP contribution in [0.1, 0.15) is 35.2 Å². The van der Waals surface area contributed by atoms with E-state index in [1.807, 2.05) is 37.1 Å². The summed E-state index contributed by atoms with van der Waals surface area (Å²) in [5, 5.41) is 3.20. The molecule has 22 heavy (non-hydrogen) atoms. The van der Waals surface area contributed by atoms with E-state index in [2.05, 4.69) is 5.32 Å². The summed E-state index contributed by atoms with van der Waals surface area (Å²) in [7, 11) is 3.64. The van der Waals surface area contributed by atoms with Crippen LogP contribution in [0.5, 0.6) is 5.75 Å². The van der Waals surface area contributed by atoms with Crippen molar-refractivity contribution in [3.8, 4) is 5.75 Å². The lowest BCUT2D eigenvalue weighted by Crippen LogP contribution is -2.39. The Hall–Kier alpha value is -1.26. The fourth-order valence-corrected chi connectivity index (χ4v) is 2.95. The molecule has 5 heteroatoms. The minimum absolute atomic E-state index is 0. The first-order chi connectivity index (χ1) is 10.2. The lowest BCUT2D eigenvalue weighted by molar-refractivity contribution is 0.0686. The molecule has 1 aromatic carbocycles. The smallest absolute Gasteiger partial charge is 0.254 e. The van der Waals surface area contributed by atoms with Gasteiger partial charge < -0.3 is 15.0 Å². The SMILES string of the molecule is CNCCC1CCN(C(=O)c2ccc(OC)cc2C)CC1.Cl. The molecule has 1 heterocycles. The molecule has 1 aliphatic heterocycles. The number of carbonyl (C=O) groups is 1. The molecule has 0 aliphatic carbocycles. The van der Waals surface area contributed by atoms with Gasteiger partial charge in [-0.05, 0) is 69.5 Å². The number of amides is 1. The van der Waals surface area contributed by atoms with Crippen molar-refractivity contribution in [1.82, 2.24) is 10.2 Å². The van der Waals surface area contributed by atoms with E-state index in [9.17, 15) is 4.79 Å². The quantitative estimate of drug-likeness (QED) is 0.904. The van der Waals surface area contributed by atoms with E-state index in [1.165, 1.54) is 6.42 Å². The molecule has 2 rings (SSSR count). The van der Waals surface area contributed by atoms with E-state index in [0.29, 0.717) is 0 Å². The van der Waals surface area contributed by atoms with Crippen molar-refractivity contribution in [2.75, 3.05) is 33.8 Å². The summed E-state index contributed by atoms with van der Waals surface area (Å²) in [5.74, 6) is 1.70. The number of nitrogens with zero attached hydrogens (tertiary/aromatic N) is 1. The number of carbonyl (C=O) groups excluding carboxylic acids is 1. The number of likely N-dealkylation sites (tertiary alicyclic amines) is 1. The van der Waals surface area contributed by atoms with E-state index in [0.717, 1.165) is 55.3 Å². The third kappa shape index (κ3) is 4.62. The largest absolute Gasteiger partial charge is 0.497 e. The normalized spacial score (nSPS) is 15.3. The van der Waals surface area contributed by atoms with Crippen LogP contribution in [0.15, 0.2) is 18.2 Å². The van der Waals surface area contributed by atoms with Gasteiger partial charge in [0.15, 0.2) is 0 Å². The molecular weight excluding hydrogens is 300 g/mol. The third-order valence-corrected chi connectivity index (χ3v) is 4.37. The van der Waals surface area contributed by atoms with Crippen LogP contribution in [0.2, 0.25) is 0 Å². The number of rotatable bonds is 5. The Labute approximate surface area is 139 Å². The van der Waals surface area contributed by atoms with Gasteiger partial charge in [0.2, 0.25) is 0 Å². The standard InChI is InChI=1S/C17H26N2O2.ClH/c1-13-12-15(21-3)4-5-16(13)17(20)19-10-7-14(8-11-19)6-9-18-2;/h4-5,12,14,18H,6-11H2,1-3H3;1H. The monoisotopic (exact) mass is 326 g/mol. The number of hydrogen-bond acceptors (Lipinski definition) is 3. The first-order valence-corrected chi connectivity index (χ1v) is 7.74. The molecule has 1 fully saturated rings. The van der Waals surface area contributed by atoms with Crippen LogP contribution in [-0.4, -0.2) is 44.6 Å². The van der Waals surface area contributed by atoms with E-state index in [1.54, 1.807) is 7.11 Å². The van der Waals surface area contributed by atoms with E-state index in [4.69, 9.17) is 4.74 Å². The van der Waals surface area contributed by atoms with Crippen molar-refractivity contribution >= 4 is 18.3 Å². The van der Waals surface area contributed by atoms with Gasteiger partial charge in [0.25, 0.3) is 5.91 Å². The van der Waals surface area contributed by atoms with Crippen LogP contribution in [0.3, 0.4) is 0 Å². The number of hydrogen-bond donors (Lipinski definition) is 1. The van der Waals surface area contributed by atoms with Gasteiger partial charge >= 0.3 is 0 Å². The molecule has 1 aliphatic rings. The van der Waals surface area contributed by atoms with E-state index >= 15 is 0 Å². The second-order valence-electron chi connectivity index (χ2n) is 5.81. The molecule has 4 nitrogen and oxygen atoms in total. The van der Waals surface area contributed by atoms with Gasteiger partial charge in [0, 0.05) is 18.7 Å². The average molecular weight is 327 g/mol. The molecule has 0 radical (unpaired) electrons. The lowest BCUT2D eigenvalue weighted by Gasteiger charge is -2.32. The summed E-state index contributed by atoms with van der Waals surface area (Å²) >= 11 is 0. The van der Waals surface area contributed by atoms with Crippen LogP contribution in [0.4, 0.5) is 0 Å². The minimum Gasteiger partial charge on any atom is -0.497 e. The summed E-state index contributed by atoms with van der Waals surface area (Å²) in [5.41, 5.74) is 1.78. The van der Waals surface area contributed by atoms with Crippen LogP contribution in [0.25, 0.3) is 0 Å². The molecule has 0 aromatic heterocycles. The van der Waals surface area contributed by atoms with Gasteiger partial charge in [-0.2, -0.15) is 0 Å². The molecule has 1 amide bonds. The summed E-state index contributed by atoms with van der Waals surface area (Å²) < 4.78 is 5.20. The van der Waals surface area contributed by atoms with Crippen LogP contribution in [0, 0.1) is 12.8 Å². The molecule has 0 saturated carbocycles. The lowest BCUT2D eigenvalue weighted by atomic mass is 9.93. The summed E-state index contributed by atoms with van der Waals surface area (Å²) in [6.07, 6.45) is 3.44. The number of piperidine rings is 1. The highest BCUT2D eigenvalue weighted by molar-refractivity contribution is 5.95. The Bertz CT molecular complexity index is 486. The molecule has 124 valence electrons. The van der Waals surface area contributed by atoms with Gasteiger partial charge in [-0.15, -0.1) is 12.4 Å². The van der Waals surface area contributed by atoms with E-state index in [-0.39, 0.29) is 18.3 Å². The van der Waals surface area contributed by atoms with Crippen molar-refractivity contribution in [3.63, 3.8) is 0 Å². The van der Waals surface area contributed by atoms with Gasteiger partial charge in [0.05, 0.1) is 7.11 Å². The predicted molar refractivity (Wildman–Crippen MR) is 92.2 cm³/mol.